The summed E-state index contributed by atoms with van der Waals surface area (Å²) in [6, 6.07) is 10.7. The second kappa shape index (κ2) is 8.24. The highest BCUT2D eigenvalue weighted by molar-refractivity contribution is 5.78. The molecule has 0 aliphatic rings. The van der Waals surface area contributed by atoms with Gasteiger partial charge in [-0.25, -0.2) is 8.78 Å². The van der Waals surface area contributed by atoms with Crippen LogP contribution < -0.4 is 10.1 Å². The monoisotopic (exact) mass is 321 g/mol. The minimum atomic E-state index is -0.912. The summed E-state index contributed by atoms with van der Waals surface area (Å²) in [5.41, 5.74) is 0.919. The number of benzene rings is 2. The van der Waals surface area contributed by atoms with Gasteiger partial charge in [-0.15, -0.1) is 0 Å². The Morgan fingerprint density at radius 1 is 1.13 bits per heavy atom. The fraction of sp³-hybridized carbons (Fsp3) is 0.235. The average Bonchev–Trinajstić information content (AvgIpc) is 2.55. The van der Waals surface area contributed by atoms with Crippen molar-refractivity contribution >= 4 is 5.91 Å². The molecule has 0 saturated carbocycles. The van der Waals surface area contributed by atoms with Gasteiger partial charge in [0.25, 0.3) is 0 Å². The van der Waals surface area contributed by atoms with E-state index in [0.717, 1.165) is 11.6 Å². The summed E-state index contributed by atoms with van der Waals surface area (Å²) in [5.74, 6) is -1.51. The highest BCUT2D eigenvalue weighted by atomic mass is 19.2. The smallest absolute Gasteiger partial charge is 0.224 e. The van der Waals surface area contributed by atoms with E-state index < -0.39 is 11.6 Å². The lowest BCUT2D eigenvalue weighted by Crippen LogP contribution is -2.27. The number of hydrogen-bond donors (Lipinski definition) is 2. The van der Waals surface area contributed by atoms with Crippen LogP contribution in [0, 0.1) is 11.6 Å². The van der Waals surface area contributed by atoms with E-state index in [2.05, 4.69) is 5.32 Å². The number of halogens is 2. The second-order valence-corrected chi connectivity index (χ2v) is 4.90. The molecule has 0 radical (unpaired) electrons. The lowest BCUT2D eigenvalue weighted by molar-refractivity contribution is -0.120. The molecule has 0 fully saturated rings. The van der Waals surface area contributed by atoms with Crippen molar-refractivity contribution in [1.29, 1.82) is 0 Å². The summed E-state index contributed by atoms with van der Waals surface area (Å²) in [4.78, 5) is 11.5. The van der Waals surface area contributed by atoms with E-state index in [1.54, 1.807) is 24.3 Å². The van der Waals surface area contributed by atoms with Crippen LogP contribution >= 0.6 is 0 Å². The molecule has 0 aliphatic heterocycles. The molecule has 23 heavy (non-hydrogen) atoms. The Bertz CT molecular complexity index is 659. The van der Waals surface area contributed by atoms with Gasteiger partial charge < -0.3 is 15.2 Å². The first kappa shape index (κ1) is 16.9. The summed E-state index contributed by atoms with van der Waals surface area (Å²) in [6.07, 6.45) is 0.193. The number of aliphatic hydroxyl groups is 1. The molecule has 4 nitrogen and oxygen atoms in total. The zero-order chi connectivity index (χ0) is 16.7. The van der Waals surface area contributed by atoms with Crippen LogP contribution in [0.15, 0.2) is 42.5 Å². The largest absolute Gasteiger partial charge is 0.489 e. The normalized spacial score (nSPS) is 10.4. The molecular formula is C17H17F2NO3. The van der Waals surface area contributed by atoms with E-state index >= 15 is 0 Å². The first-order valence-electron chi connectivity index (χ1n) is 7.12. The van der Waals surface area contributed by atoms with Gasteiger partial charge in [-0.05, 0) is 23.8 Å². The molecule has 0 saturated heterocycles. The van der Waals surface area contributed by atoms with Gasteiger partial charge in [0.15, 0.2) is 11.6 Å². The van der Waals surface area contributed by atoms with Gasteiger partial charge in [0.1, 0.15) is 12.4 Å². The van der Waals surface area contributed by atoms with Gasteiger partial charge >= 0.3 is 0 Å². The molecule has 0 heterocycles. The van der Waals surface area contributed by atoms with Gasteiger partial charge in [0, 0.05) is 12.1 Å². The van der Waals surface area contributed by atoms with Gasteiger partial charge in [-0.1, -0.05) is 24.3 Å². The third-order valence-corrected chi connectivity index (χ3v) is 3.15. The van der Waals surface area contributed by atoms with Crippen LogP contribution in [0.2, 0.25) is 0 Å². The maximum absolute atomic E-state index is 13.5. The number of carbonyl (C=O) groups is 1. The first-order chi connectivity index (χ1) is 11.1. The highest BCUT2D eigenvalue weighted by Gasteiger charge is 2.08. The predicted octanol–water partition coefficient (Wildman–Crippen LogP) is 2.19. The summed E-state index contributed by atoms with van der Waals surface area (Å²) in [6.45, 7) is 0.0360. The van der Waals surface area contributed by atoms with Crippen LogP contribution in [-0.2, 0) is 17.8 Å². The molecule has 0 aliphatic carbocycles. The van der Waals surface area contributed by atoms with E-state index in [0.29, 0.717) is 5.75 Å². The van der Waals surface area contributed by atoms with Crippen molar-refractivity contribution in [3.63, 3.8) is 0 Å². The zero-order valence-electron chi connectivity index (χ0n) is 12.4. The molecule has 6 heteroatoms. The Morgan fingerprint density at radius 3 is 2.57 bits per heavy atom. The maximum atomic E-state index is 13.5. The fourth-order valence-corrected chi connectivity index (χ4v) is 1.97. The highest BCUT2D eigenvalue weighted by Crippen LogP contribution is 2.17. The topological polar surface area (TPSA) is 58.6 Å². The number of hydrogen-bond acceptors (Lipinski definition) is 3. The van der Waals surface area contributed by atoms with Crippen molar-refractivity contribution in [1.82, 2.24) is 5.32 Å². The Hall–Kier alpha value is -2.47. The van der Waals surface area contributed by atoms with Crippen LogP contribution in [0.1, 0.15) is 11.1 Å². The van der Waals surface area contributed by atoms with Gasteiger partial charge in [0.05, 0.1) is 13.0 Å². The van der Waals surface area contributed by atoms with Gasteiger partial charge in [0.2, 0.25) is 5.91 Å². The van der Waals surface area contributed by atoms with E-state index in [4.69, 9.17) is 9.84 Å². The van der Waals surface area contributed by atoms with Crippen molar-refractivity contribution in [2.24, 2.45) is 0 Å². The molecule has 2 rings (SSSR count). The lowest BCUT2D eigenvalue weighted by atomic mass is 10.1. The van der Waals surface area contributed by atoms with Crippen molar-refractivity contribution in [3.05, 3.63) is 65.2 Å². The van der Waals surface area contributed by atoms with E-state index in [1.165, 1.54) is 12.1 Å². The predicted molar refractivity (Wildman–Crippen MR) is 80.9 cm³/mol. The standard InChI is InChI=1S/C17H17F2NO3/c18-15-3-1-2-13(17(15)19)11-23-14-6-4-12(5-7-14)10-16(22)20-8-9-21/h1-7,21H,8-11H2,(H,20,22). The molecule has 2 aromatic rings. The minimum Gasteiger partial charge on any atom is -0.489 e. The van der Waals surface area contributed by atoms with Crippen LogP contribution in [0.4, 0.5) is 8.78 Å². The Labute approximate surface area is 132 Å². The molecule has 2 aromatic carbocycles. The summed E-state index contributed by atoms with van der Waals surface area (Å²) in [5, 5.41) is 11.2. The molecule has 1 amide bonds. The summed E-state index contributed by atoms with van der Waals surface area (Å²) < 4.78 is 32.0. The fourth-order valence-electron chi connectivity index (χ4n) is 1.97. The lowest BCUT2D eigenvalue weighted by Gasteiger charge is -2.08. The second-order valence-electron chi connectivity index (χ2n) is 4.90. The SMILES string of the molecule is O=C(Cc1ccc(OCc2cccc(F)c2F)cc1)NCCO. The Morgan fingerprint density at radius 2 is 1.87 bits per heavy atom. The number of carbonyl (C=O) groups excluding carboxylic acids is 1. The third kappa shape index (κ3) is 5.03. The molecule has 0 spiro atoms. The number of aliphatic hydroxyl groups excluding tert-OH is 1. The molecule has 0 bridgehead atoms. The molecular weight excluding hydrogens is 304 g/mol. The molecule has 0 atom stereocenters. The molecule has 0 unspecified atom stereocenters. The Balaban J connectivity index is 1.90. The van der Waals surface area contributed by atoms with Gasteiger partial charge in [-0.2, -0.15) is 0 Å². The van der Waals surface area contributed by atoms with Crippen LogP contribution in [0.25, 0.3) is 0 Å². The number of amides is 1. The average molecular weight is 321 g/mol. The molecule has 122 valence electrons. The van der Waals surface area contributed by atoms with Crippen molar-refractivity contribution in [2.75, 3.05) is 13.2 Å². The minimum absolute atomic E-state index is 0.0834. The van der Waals surface area contributed by atoms with E-state index in [-0.39, 0.29) is 37.6 Å². The first-order valence-corrected chi connectivity index (χ1v) is 7.12. The zero-order valence-corrected chi connectivity index (χ0v) is 12.4. The maximum Gasteiger partial charge on any atom is 0.224 e. The summed E-state index contributed by atoms with van der Waals surface area (Å²) in [7, 11) is 0. The van der Waals surface area contributed by atoms with Gasteiger partial charge in [-0.3, -0.25) is 4.79 Å². The number of ether oxygens (including phenoxy) is 1. The molecule has 0 aromatic heterocycles. The van der Waals surface area contributed by atoms with Crippen LogP contribution in [0.5, 0.6) is 5.75 Å². The van der Waals surface area contributed by atoms with E-state index in [1.807, 2.05) is 0 Å². The Kier molecular flexibility index (Phi) is 6.05. The summed E-state index contributed by atoms with van der Waals surface area (Å²) >= 11 is 0. The third-order valence-electron chi connectivity index (χ3n) is 3.15. The van der Waals surface area contributed by atoms with Crippen molar-refractivity contribution < 1.29 is 23.4 Å². The van der Waals surface area contributed by atoms with Crippen LogP contribution in [0.3, 0.4) is 0 Å². The van der Waals surface area contributed by atoms with Crippen LogP contribution in [-0.4, -0.2) is 24.2 Å². The molecule has 2 N–H and O–H groups in total. The van der Waals surface area contributed by atoms with Crippen molar-refractivity contribution in [2.45, 2.75) is 13.0 Å². The quantitative estimate of drug-likeness (QED) is 0.822. The number of nitrogens with one attached hydrogen (secondary N) is 1. The number of rotatable bonds is 7. The van der Waals surface area contributed by atoms with E-state index in [9.17, 15) is 13.6 Å². The van der Waals surface area contributed by atoms with Crippen molar-refractivity contribution in [3.8, 4) is 5.75 Å².